The van der Waals surface area contributed by atoms with Gasteiger partial charge in [-0.15, -0.1) is 6.58 Å². The van der Waals surface area contributed by atoms with Gasteiger partial charge in [0, 0.05) is 19.1 Å². The van der Waals surface area contributed by atoms with E-state index >= 15 is 0 Å². The van der Waals surface area contributed by atoms with Crippen molar-refractivity contribution in [1.82, 2.24) is 10.2 Å². The molecule has 0 radical (unpaired) electrons. The van der Waals surface area contributed by atoms with Crippen LogP contribution in [-0.2, 0) is 0 Å². The third-order valence-electron chi connectivity index (χ3n) is 2.38. The number of nitrogens with one attached hydrogen (secondary N) is 1. The molecule has 0 spiro atoms. The molecular formula is C11H20N2O. The average molecular weight is 196 g/mol. The van der Waals surface area contributed by atoms with Crippen LogP contribution < -0.4 is 5.32 Å². The lowest BCUT2D eigenvalue weighted by molar-refractivity contribution is 0.200. The van der Waals surface area contributed by atoms with Crippen molar-refractivity contribution in [3.8, 4) is 0 Å². The first kappa shape index (κ1) is 11.1. The summed E-state index contributed by atoms with van der Waals surface area (Å²) in [4.78, 5) is 13.5. The summed E-state index contributed by atoms with van der Waals surface area (Å²) in [5, 5.41) is 2.93. The van der Waals surface area contributed by atoms with E-state index in [2.05, 4.69) is 18.8 Å². The van der Waals surface area contributed by atoms with Gasteiger partial charge in [0.05, 0.1) is 0 Å². The summed E-state index contributed by atoms with van der Waals surface area (Å²) in [6.07, 6.45) is 6.26. The predicted octanol–water partition coefficient (Wildman–Crippen LogP) is 2.15. The SMILES string of the molecule is C=CCN(C(=O)NCCCC)C1CC1. The number of nitrogens with zero attached hydrogens (tertiary/aromatic N) is 1. The Bertz CT molecular complexity index is 199. The first-order chi connectivity index (χ1) is 6.79. The third-order valence-corrected chi connectivity index (χ3v) is 2.38. The van der Waals surface area contributed by atoms with Gasteiger partial charge in [0.1, 0.15) is 0 Å². The predicted molar refractivity (Wildman–Crippen MR) is 58.2 cm³/mol. The number of urea groups is 1. The molecule has 0 aromatic heterocycles. The van der Waals surface area contributed by atoms with Crippen molar-refractivity contribution in [3.63, 3.8) is 0 Å². The van der Waals surface area contributed by atoms with Crippen LogP contribution in [-0.4, -0.2) is 30.1 Å². The average Bonchev–Trinajstić information content (AvgIpc) is 2.98. The van der Waals surface area contributed by atoms with E-state index in [1.807, 2.05) is 4.90 Å². The Hall–Kier alpha value is -0.990. The first-order valence-electron chi connectivity index (χ1n) is 5.45. The maximum atomic E-state index is 11.7. The second-order valence-electron chi connectivity index (χ2n) is 3.76. The number of carbonyl (C=O) groups excluding carboxylic acids is 1. The molecule has 1 aliphatic carbocycles. The summed E-state index contributed by atoms with van der Waals surface area (Å²) in [5.41, 5.74) is 0. The van der Waals surface area contributed by atoms with Crippen molar-refractivity contribution < 1.29 is 4.79 Å². The second kappa shape index (κ2) is 5.68. The lowest BCUT2D eigenvalue weighted by Crippen LogP contribution is -2.41. The zero-order valence-corrected chi connectivity index (χ0v) is 8.96. The fourth-order valence-electron chi connectivity index (χ4n) is 1.40. The van der Waals surface area contributed by atoms with Gasteiger partial charge in [-0.25, -0.2) is 4.79 Å². The molecule has 14 heavy (non-hydrogen) atoms. The molecule has 3 heteroatoms. The molecule has 80 valence electrons. The molecule has 1 aliphatic rings. The Morgan fingerprint density at radius 2 is 2.36 bits per heavy atom. The van der Waals surface area contributed by atoms with Crippen molar-refractivity contribution in [3.05, 3.63) is 12.7 Å². The van der Waals surface area contributed by atoms with Gasteiger partial charge in [-0.05, 0) is 19.3 Å². The molecule has 0 saturated heterocycles. The van der Waals surface area contributed by atoms with Crippen molar-refractivity contribution >= 4 is 6.03 Å². The number of unbranched alkanes of at least 4 members (excludes halogenated alkanes) is 1. The Balaban J connectivity index is 2.26. The summed E-state index contributed by atoms with van der Waals surface area (Å²) in [5.74, 6) is 0. The van der Waals surface area contributed by atoms with Crippen molar-refractivity contribution in [2.75, 3.05) is 13.1 Å². The van der Waals surface area contributed by atoms with Crippen LogP contribution >= 0.6 is 0 Å². The smallest absolute Gasteiger partial charge is 0.317 e. The Labute approximate surface area is 86.2 Å². The molecule has 0 aliphatic heterocycles. The van der Waals surface area contributed by atoms with Gasteiger partial charge in [-0.1, -0.05) is 19.4 Å². The van der Waals surface area contributed by atoms with Crippen molar-refractivity contribution in [2.24, 2.45) is 0 Å². The number of hydrogen-bond acceptors (Lipinski definition) is 1. The van der Waals surface area contributed by atoms with Gasteiger partial charge in [-0.3, -0.25) is 0 Å². The lowest BCUT2D eigenvalue weighted by Gasteiger charge is -2.20. The molecule has 2 amide bonds. The zero-order valence-electron chi connectivity index (χ0n) is 8.96. The Kier molecular flexibility index (Phi) is 4.50. The lowest BCUT2D eigenvalue weighted by atomic mass is 10.3. The molecule has 0 aromatic rings. The van der Waals surface area contributed by atoms with Gasteiger partial charge in [-0.2, -0.15) is 0 Å². The van der Waals surface area contributed by atoms with E-state index in [0.29, 0.717) is 12.6 Å². The van der Waals surface area contributed by atoms with Crippen LogP contribution in [0.4, 0.5) is 4.79 Å². The highest BCUT2D eigenvalue weighted by atomic mass is 16.2. The maximum Gasteiger partial charge on any atom is 0.317 e. The van der Waals surface area contributed by atoms with Gasteiger partial charge in [0.2, 0.25) is 0 Å². The summed E-state index contributed by atoms with van der Waals surface area (Å²) < 4.78 is 0. The highest BCUT2D eigenvalue weighted by molar-refractivity contribution is 5.75. The number of carbonyl (C=O) groups is 1. The van der Waals surface area contributed by atoms with E-state index in [1.165, 1.54) is 0 Å². The van der Waals surface area contributed by atoms with Crippen LogP contribution in [0.3, 0.4) is 0 Å². The summed E-state index contributed by atoms with van der Waals surface area (Å²) in [6.45, 7) is 7.24. The van der Waals surface area contributed by atoms with Crippen LogP contribution in [0.2, 0.25) is 0 Å². The van der Waals surface area contributed by atoms with Crippen LogP contribution in [0.5, 0.6) is 0 Å². The largest absolute Gasteiger partial charge is 0.338 e. The highest BCUT2D eigenvalue weighted by Gasteiger charge is 2.31. The topological polar surface area (TPSA) is 32.3 Å². The molecule has 1 N–H and O–H groups in total. The molecule has 0 heterocycles. The highest BCUT2D eigenvalue weighted by Crippen LogP contribution is 2.26. The van der Waals surface area contributed by atoms with Gasteiger partial charge in [0.15, 0.2) is 0 Å². The maximum absolute atomic E-state index is 11.7. The molecule has 3 nitrogen and oxygen atoms in total. The fourth-order valence-corrected chi connectivity index (χ4v) is 1.40. The van der Waals surface area contributed by atoms with Crippen LogP contribution in [0.15, 0.2) is 12.7 Å². The summed E-state index contributed by atoms with van der Waals surface area (Å²) in [7, 11) is 0. The number of rotatable bonds is 6. The molecule has 0 bridgehead atoms. The molecule has 1 rings (SSSR count). The minimum Gasteiger partial charge on any atom is -0.338 e. The Morgan fingerprint density at radius 3 is 2.86 bits per heavy atom. The molecule has 0 unspecified atom stereocenters. The van der Waals surface area contributed by atoms with E-state index in [9.17, 15) is 4.79 Å². The van der Waals surface area contributed by atoms with Gasteiger partial charge < -0.3 is 10.2 Å². The minimum absolute atomic E-state index is 0.0702. The molecule has 1 saturated carbocycles. The monoisotopic (exact) mass is 196 g/mol. The van der Waals surface area contributed by atoms with Crippen LogP contribution in [0, 0.1) is 0 Å². The van der Waals surface area contributed by atoms with Crippen LogP contribution in [0.1, 0.15) is 32.6 Å². The molecule has 0 atom stereocenters. The van der Waals surface area contributed by atoms with E-state index in [1.54, 1.807) is 6.08 Å². The summed E-state index contributed by atoms with van der Waals surface area (Å²) >= 11 is 0. The van der Waals surface area contributed by atoms with E-state index in [-0.39, 0.29) is 6.03 Å². The van der Waals surface area contributed by atoms with Gasteiger partial charge in [0.25, 0.3) is 0 Å². The van der Waals surface area contributed by atoms with E-state index in [0.717, 1.165) is 32.2 Å². The quantitative estimate of drug-likeness (QED) is 0.512. The zero-order chi connectivity index (χ0) is 10.4. The Morgan fingerprint density at radius 1 is 1.64 bits per heavy atom. The second-order valence-corrected chi connectivity index (χ2v) is 3.76. The third kappa shape index (κ3) is 3.40. The van der Waals surface area contributed by atoms with E-state index in [4.69, 9.17) is 0 Å². The van der Waals surface area contributed by atoms with E-state index < -0.39 is 0 Å². The van der Waals surface area contributed by atoms with Crippen molar-refractivity contribution in [1.29, 1.82) is 0 Å². The van der Waals surface area contributed by atoms with Crippen molar-refractivity contribution in [2.45, 2.75) is 38.6 Å². The normalized spacial score (nSPS) is 14.9. The molecule has 1 fully saturated rings. The van der Waals surface area contributed by atoms with Gasteiger partial charge >= 0.3 is 6.03 Å². The number of hydrogen-bond donors (Lipinski definition) is 1. The first-order valence-corrected chi connectivity index (χ1v) is 5.45. The molecular weight excluding hydrogens is 176 g/mol. The fraction of sp³-hybridized carbons (Fsp3) is 0.727. The minimum atomic E-state index is 0.0702. The summed E-state index contributed by atoms with van der Waals surface area (Å²) in [6, 6.07) is 0.537. The standard InChI is InChI=1S/C11H20N2O/c1-3-5-8-12-11(14)13(9-4-2)10-6-7-10/h4,10H,2-3,5-9H2,1H3,(H,12,14). The number of amides is 2. The molecule has 0 aromatic carbocycles. The van der Waals surface area contributed by atoms with Crippen LogP contribution in [0.25, 0.3) is 0 Å².